The van der Waals surface area contributed by atoms with Crippen molar-refractivity contribution in [3.05, 3.63) is 0 Å². The molecule has 6 nitrogen and oxygen atoms in total. The van der Waals surface area contributed by atoms with Crippen LogP contribution in [0.4, 0.5) is 0 Å². The van der Waals surface area contributed by atoms with Gasteiger partial charge in [0, 0.05) is 39.1 Å². The lowest BCUT2D eigenvalue weighted by molar-refractivity contribution is -0.122. The van der Waals surface area contributed by atoms with Crippen molar-refractivity contribution in [2.75, 3.05) is 39.9 Å². The van der Waals surface area contributed by atoms with Crippen molar-refractivity contribution in [1.29, 1.82) is 0 Å². The van der Waals surface area contributed by atoms with Crippen LogP contribution in [0.15, 0.2) is 5.16 Å². The molecule has 1 aliphatic rings. The van der Waals surface area contributed by atoms with Crippen LogP contribution in [-0.2, 0) is 9.53 Å². The maximum absolute atomic E-state index is 11.6. The number of oxime groups is 1. The molecule has 2 N–H and O–H groups in total. The van der Waals surface area contributed by atoms with E-state index in [1.807, 2.05) is 0 Å². The van der Waals surface area contributed by atoms with E-state index in [4.69, 9.17) is 9.94 Å². The number of piperidine rings is 1. The molecule has 0 spiro atoms. The predicted molar refractivity (Wildman–Crippen MR) is 68.9 cm³/mol. The van der Waals surface area contributed by atoms with Crippen LogP contribution in [-0.4, -0.2) is 61.6 Å². The van der Waals surface area contributed by atoms with Crippen LogP contribution >= 0.6 is 0 Å². The van der Waals surface area contributed by atoms with Crippen molar-refractivity contribution in [3.8, 4) is 0 Å². The van der Waals surface area contributed by atoms with Crippen LogP contribution in [0.25, 0.3) is 0 Å². The van der Waals surface area contributed by atoms with E-state index in [2.05, 4.69) is 22.3 Å². The lowest BCUT2D eigenvalue weighted by Gasteiger charge is -2.32. The molecular formula is C12H23N3O3. The summed E-state index contributed by atoms with van der Waals surface area (Å²) in [6.07, 6.45) is 1.67. The van der Waals surface area contributed by atoms with E-state index in [1.165, 1.54) is 0 Å². The van der Waals surface area contributed by atoms with Gasteiger partial charge < -0.3 is 15.3 Å². The molecule has 0 radical (unpaired) electrons. The molecule has 0 aromatic heterocycles. The summed E-state index contributed by atoms with van der Waals surface area (Å²) in [6, 6.07) is 0. The van der Waals surface area contributed by atoms with Gasteiger partial charge in [-0.3, -0.25) is 9.69 Å². The van der Waals surface area contributed by atoms with Crippen molar-refractivity contribution in [1.82, 2.24) is 10.2 Å². The molecular weight excluding hydrogens is 234 g/mol. The minimum absolute atomic E-state index is 0.0197. The van der Waals surface area contributed by atoms with Crippen LogP contribution in [0.2, 0.25) is 0 Å². The fraction of sp³-hybridized carbons (Fsp3) is 0.833. The van der Waals surface area contributed by atoms with Gasteiger partial charge in [-0.05, 0) is 6.42 Å². The number of nitrogens with one attached hydrogen (secondary N) is 1. The Hall–Kier alpha value is -1.14. The van der Waals surface area contributed by atoms with E-state index in [9.17, 15) is 4.79 Å². The monoisotopic (exact) mass is 257 g/mol. The quantitative estimate of drug-likeness (QED) is 0.408. The number of ether oxygens (including phenoxy) is 1. The van der Waals surface area contributed by atoms with Gasteiger partial charge in [0.25, 0.3) is 0 Å². The molecule has 18 heavy (non-hydrogen) atoms. The second-order valence-electron chi connectivity index (χ2n) is 4.52. The fourth-order valence-electron chi connectivity index (χ4n) is 2.18. The Labute approximate surface area is 108 Å². The van der Waals surface area contributed by atoms with Gasteiger partial charge in [0.15, 0.2) is 0 Å². The molecule has 1 aliphatic heterocycles. The number of rotatable bonds is 6. The molecule has 0 aromatic carbocycles. The number of carbonyl (C=O) groups is 1. The summed E-state index contributed by atoms with van der Waals surface area (Å²) in [5.41, 5.74) is 0.855. The highest BCUT2D eigenvalue weighted by Gasteiger charge is 2.25. The molecule has 1 rings (SSSR count). The maximum atomic E-state index is 11.6. The van der Waals surface area contributed by atoms with E-state index in [0.29, 0.717) is 19.7 Å². The zero-order valence-corrected chi connectivity index (χ0v) is 11.2. The molecule has 0 bridgehead atoms. The molecule has 0 aromatic rings. The van der Waals surface area contributed by atoms with Crippen molar-refractivity contribution in [3.63, 3.8) is 0 Å². The van der Waals surface area contributed by atoms with E-state index in [-0.39, 0.29) is 11.8 Å². The molecule has 1 atom stereocenters. The van der Waals surface area contributed by atoms with Gasteiger partial charge >= 0.3 is 0 Å². The van der Waals surface area contributed by atoms with Crippen molar-refractivity contribution in [2.24, 2.45) is 11.1 Å². The number of hydrogen-bond donors (Lipinski definition) is 2. The summed E-state index contributed by atoms with van der Waals surface area (Å²) >= 11 is 0. The molecule has 0 saturated carbocycles. The largest absolute Gasteiger partial charge is 0.411 e. The SMILES string of the molecule is CCC1CN(CC(=O)NCCOC)CCC1=NO. The Balaban J connectivity index is 2.33. The maximum Gasteiger partial charge on any atom is 0.234 e. The van der Waals surface area contributed by atoms with E-state index in [1.54, 1.807) is 7.11 Å². The van der Waals surface area contributed by atoms with Crippen molar-refractivity contribution in [2.45, 2.75) is 19.8 Å². The van der Waals surface area contributed by atoms with Crippen LogP contribution in [0.3, 0.4) is 0 Å². The second kappa shape index (κ2) is 8.05. The fourth-order valence-corrected chi connectivity index (χ4v) is 2.18. The highest BCUT2D eigenvalue weighted by atomic mass is 16.5. The molecule has 1 unspecified atom stereocenters. The van der Waals surface area contributed by atoms with Crippen LogP contribution in [0, 0.1) is 5.92 Å². The molecule has 1 saturated heterocycles. The van der Waals surface area contributed by atoms with Gasteiger partial charge in [0.1, 0.15) is 0 Å². The third-order valence-electron chi connectivity index (χ3n) is 3.25. The number of likely N-dealkylation sites (tertiary alicyclic amines) is 1. The molecule has 0 aliphatic carbocycles. The summed E-state index contributed by atoms with van der Waals surface area (Å²) in [5, 5.41) is 15.0. The van der Waals surface area contributed by atoms with E-state index in [0.717, 1.165) is 31.6 Å². The highest BCUT2D eigenvalue weighted by Crippen LogP contribution is 2.16. The topological polar surface area (TPSA) is 74.2 Å². The summed E-state index contributed by atoms with van der Waals surface area (Å²) < 4.78 is 4.87. The molecule has 1 heterocycles. The van der Waals surface area contributed by atoms with Gasteiger partial charge in [-0.25, -0.2) is 0 Å². The van der Waals surface area contributed by atoms with Gasteiger partial charge in [-0.15, -0.1) is 0 Å². The van der Waals surface area contributed by atoms with Gasteiger partial charge in [-0.2, -0.15) is 0 Å². The Morgan fingerprint density at radius 3 is 3.06 bits per heavy atom. The smallest absolute Gasteiger partial charge is 0.234 e. The predicted octanol–water partition coefficient (Wildman–Crippen LogP) is 0.311. The standard InChI is InChI=1S/C12H23N3O3/c1-3-10-8-15(6-4-11(10)14-17)9-12(16)13-5-7-18-2/h10,17H,3-9H2,1-2H3,(H,13,16). The minimum Gasteiger partial charge on any atom is -0.411 e. The van der Waals surface area contributed by atoms with Crippen molar-refractivity contribution >= 4 is 11.6 Å². The Morgan fingerprint density at radius 1 is 1.67 bits per heavy atom. The zero-order chi connectivity index (χ0) is 13.4. The number of methoxy groups -OCH3 is 1. The number of nitrogens with zero attached hydrogens (tertiary/aromatic N) is 2. The molecule has 1 amide bonds. The zero-order valence-electron chi connectivity index (χ0n) is 11.2. The first-order valence-corrected chi connectivity index (χ1v) is 6.40. The summed E-state index contributed by atoms with van der Waals surface area (Å²) in [4.78, 5) is 13.7. The summed E-state index contributed by atoms with van der Waals surface area (Å²) in [5.74, 6) is 0.279. The summed E-state index contributed by atoms with van der Waals surface area (Å²) in [6.45, 7) is 5.10. The first kappa shape index (κ1) is 14.9. The van der Waals surface area contributed by atoms with Gasteiger partial charge in [0.05, 0.1) is 18.9 Å². The average molecular weight is 257 g/mol. The Kier molecular flexibility index (Phi) is 6.67. The Morgan fingerprint density at radius 2 is 2.44 bits per heavy atom. The number of carbonyl (C=O) groups excluding carboxylic acids is 1. The van der Waals surface area contributed by atoms with Crippen LogP contribution in [0.1, 0.15) is 19.8 Å². The van der Waals surface area contributed by atoms with Gasteiger partial charge in [0.2, 0.25) is 5.91 Å². The lowest BCUT2D eigenvalue weighted by Crippen LogP contribution is -2.46. The lowest BCUT2D eigenvalue weighted by atomic mass is 9.93. The van der Waals surface area contributed by atoms with Crippen LogP contribution < -0.4 is 5.32 Å². The highest BCUT2D eigenvalue weighted by molar-refractivity contribution is 5.87. The third kappa shape index (κ3) is 4.62. The average Bonchev–Trinajstić information content (AvgIpc) is 2.39. The summed E-state index contributed by atoms with van der Waals surface area (Å²) in [7, 11) is 1.61. The number of hydrogen-bond acceptors (Lipinski definition) is 5. The molecule has 6 heteroatoms. The third-order valence-corrected chi connectivity index (χ3v) is 3.25. The molecule has 1 fully saturated rings. The van der Waals surface area contributed by atoms with Gasteiger partial charge in [-0.1, -0.05) is 12.1 Å². The number of amides is 1. The Bertz CT molecular complexity index is 294. The van der Waals surface area contributed by atoms with E-state index >= 15 is 0 Å². The van der Waals surface area contributed by atoms with Crippen LogP contribution in [0.5, 0.6) is 0 Å². The first-order chi connectivity index (χ1) is 8.71. The molecule has 104 valence electrons. The second-order valence-corrected chi connectivity index (χ2v) is 4.52. The van der Waals surface area contributed by atoms with Crippen molar-refractivity contribution < 1.29 is 14.7 Å². The normalized spacial score (nSPS) is 23.2. The van der Waals surface area contributed by atoms with E-state index < -0.39 is 0 Å². The first-order valence-electron chi connectivity index (χ1n) is 6.40. The minimum atomic E-state index is 0.0197.